The number of fused-ring (bicyclic) bond motifs is 1. The Hall–Kier alpha value is -3.27. The number of hydrogen-bond acceptors (Lipinski definition) is 7. The van der Waals surface area contributed by atoms with Crippen LogP contribution in [-0.4, -0.2) is 34.0 Å². The number of rotatable bonds is 7. The molecule has 0 spiro atoms. The van der Waals surface area contributed by atoms with Crippen molar-refractivity contribution < 1.29 is 14.4 Å². The first-order valence-electron chi connectivity index (χ1n) is 9.51. The van der Waals surface area contributed by atoms with Crippen LogP contribution in [0.3, 0.4) is 0 Å². The van der Waals surface area contributed by atoms with E-state index in [-0.39, 0.29) is 28.8 Å². The molecule has 0 aliphatic rings. The van der Waals surface area contributed by atoms with Crippen LogP contribution in [0.5, 0.6) is 11.5 Å². The van der Waals surface area contributed by atoms with Gasteiger partial charge in [0.15, 0.2) is 5.75 Å². The van der Waals surface area contributed by atoms with Crippen LogP contribution < -0.4 is 15.0 Å². The van der Waals surface area contributed by atoms with Crippen molar-refractivity contribution in [2.24, 2.45) is 5.10 Å². The minimum Gasteiger partial charge on any atom is -0.493 e. The predicted molar refractivity (Wildman–Crippen MR) is 121 cm³/mol. The number of nitro groups is 1. The molecule has 9 nitrogen and oxygen atoms in total. The lowest BCUT2D eigenvalue weighted by atomic mass is 10.1. The third-order valence-corrected chi connectivity index (χ3v) is 5.15. The number of halogens is 1. The van der Waals surface area contributed by atoms with Gasteiger partial charge in [-0.1, -0.05) is 22.9 Å². The molecule has 31 heavy (non-hydrogen) atoms. The van der Waals surface area contributed by atoms with Crippen molar-refractivity contribution in [2.75, 3.05) is 7.11 Å². The maximum Gasteiger partial charge on any atom is 0.315 e. The molecule has 0 bridgehead atoms. The molecule has 10 heteroatoms. The second-order valence-corrected chi connectivity index (χ2v) is 7.76. The first-order valence-corrected chi connectivity index (χ1v) is 10.3. The van der Waals surface area contributed by atoms with Crippen molar-refractivity contribution in [2.45, 2.75) is 33.3 Å². The molecule has 0 aliphatic carbocycles. The summed E-state index contributed by atoms with van der Waals surface area (Å²) in [6.45, 7) is 5.39. The van der Waals surface area contributed by atoms with E-state index in [0.717, 1.165) is 9.15 Å². The summed E-state index contributed by atoms with van der Waals surface area (Å²) >= 11 is 3.35. The number of methoxy groups -OCH3 is 1. The monoisotopic (exact) mass is 488 g/mol. The van der Waals surface area contributed by atoms with Gasteiger partial charge in [0, 0.05) is 16.1 Å². The summed E-state index contributed by atoms with van der Waals surface area (Å²) in [4.78, 5) is 28.4. The molecular formula is C21H21BrN4O5. The summed E-state index contributed by atoms with van der Waals surface area (Å²) < 4.78 is 12.9. The lowest BCUT2D eigenvalue weighted by molar-refractivity contribution is -0.386. The maximum absolute atomic E-state index is 12.9. The molecule has 0 fully saturated rings. The summed E-state index contributed by atoms with van der Waals surface area (Å²) in [5.74, 6) is 0.652. The van der Waals surface area contributed by atoms with Crippen LogP contribution in [-0.2, 0) is 0 Å². The van der Waals surface area contributed by atoms with Crippen molar-refractivity contribution in [1.82, 2.24) is 9.66 Å². The zero-order valence-corrected chi connectivity index (χ0v) is 19.0. The third kappa shape index (κ3) is 4.74. The van der Waals surface area contributed by atoms with E-state index >= 15 is 0 Å². The molecule has 3 rings (SSSR count). The zero-order valence-electron chi connectivity index (χ0n) is 17.5. The van der Waals surface area contributed by atoms with Crippen LogP contribution in [0.25, 0.3) is 10.9 Å². The molecule has 0 unspecified atom stereocenters. The van der Waals surface area contributed by atoms with E-state index in [4.69, 9.17) is 9.47 Å². The fourth-order valence-electron chi connectivity index (χ4n) is 2.89. The quantitative estimate of drug-likeness (QED) is 0.276. The molecule has 1 heterocycles. The number of ether oxygens (including phenoxy) is 2. The fraction of sp³-hybridized carbons (Fsp3) is 0.286. The smallest absolute Gasteiger partial charge is 0.315 e. The topological polar surface area (TPSA) is 109 Å². The number of nitro benzene ring substituents is 1. The van der Waals surface area contributed by atoms with E-state index in [1.165, 1.54) is 19.4 Å². The molecule has 2 aromatic carbocycles. The van der Waals surface area contributed by atoms with E-state index in [2.05, 4.69) is 26.0 Å². The second kappa shape index (κ2) is 9.25. The van der Waals surface area contributed by atoms with Gasteiger partial charge in [-0.25, -0.2) is 4.98 Å². The Balaban J connectivity index is 2.09. The highest BCUT2D eigenvalue weighted by molar-refractivity contribution is 9.10. The molecule has 1 aromatic heterocycles. The van der Waals surface area contributed by atoms with Crippen LogP contribution in [0.15, 0.2) is 44.7 Å². The van der Waals surface area contributed by atoms with Crippen molar-refractivity contribution in [3.05, 3.63) is 66.7 Å². The van der Waals surface area contributed by atoms with Crippen molar-refractivity contribution in [3.8, 4) is 11.5 Å². The summed E-state index contributed by atoms with van der Waals surface area (Å²) in [7, 11) is 1.41. The van der Waals surface area contributed by atoms with E-state index in [1.807, 2.05) is 13.8 Å². The van der Waals surface area contributed by atoms with Gasteiger partial charge in [0.25, 0.3) is 5.56 Å². The third-order valence-electron chi connectivity index (χ3n) is 4.66. The highest BCUT2D eigenvalue weighted by atomic mass is 79.9. The summed E-state index contributed by atoms with van der Waals surface area (Å²) in [5.41, 5.74) is 0.339. The Kier molecular flexibility index (Phi) is 6.69. The Morgan fingerprint density at radius 1 is 1.35 bits per heavy atom. The van der Waals surface area contributed by atoms with E-state index < -0.39 is 4.92 Å². The zero-order chi connectivity index (χ0) is 22.7. The van der Waals surface area contributed by atoms with Gasteiger partial charge in [0.05, 0.1) is 35.3 Å². The molecule has 0 amide bonds. The number of nitrogens with zero attached hydrogens (tertiary/aromatic N) is 4. The summed E-state index contributed by atoms with van der Waals surface area (Å²) in [6, 6.07) is 8.11. The molecule has 0 aliphatic heterocycles. The minimum atomic E-state index is -0.538. The van der Waals surface area contributed by atoms with Crippen molar-refractivity contribution >= 4 is 38.7 Å². The number of hydrogen-bond donors (Lipinski definition) is 0. The average molecular weight is 489 g/mol. The molecule has 162 valence electrons. The van der Waals surface area contributed by atoms with Gasteiger partial charge in [0.2, 0.25) is 5.75 Å². The van der Waals surface area contributed by atoms with Crippen LogP contribution in [0.4, 0.5) is 5.69 Å². The Morgan fingerprint density at radius 3 is 2.74 bits per heavy atom. The van der Waals surface area contributed by atoms with Gasteiger partial charge in [-0.2, -0.15) is 9.78 Å². The van der Waals surface area contributed by atoms with E-state index in [0.29, 0.717) is 28.7 Å². The molecule has 0 saturated heterocycles. The lowest BCUT2D eigenvalue weighted by Gasteiger charge is -2.16. The Labute approximate surface area is 186 Å². The molecular weight excluding hydrogens is 468 g/mol. The standard InChI is InChI=1S/C21H21BrN4O5/c1-5-12(2)31-20-18(26(28)29)8-14(9-19(20)30-4)11-23-25-13(3)24-17-7-6-15(22)10-16(17)21(25)27/h6-12H,5H2,1-4H3/t12-/m1/s1. The molecule has 0 saturated carbocycles. The van der Waals surface area contributed by atoms with Gasteiger partial charge in [-0.05, 0) is 44.5 Å². The molecule has 0 N–H and O–H groups in total. The van der Waals surface area contributed by atoms with Gasteiger partial charge in [-0.3, -0.25) is 14.9 Å². The summed E-state index contributed by atoms with van der Waals surface area (Å²) in [6.07, 6.45) is 1.80. The van der Waals surface area contributed by atoms with Gasteiger partial charge >= 0.3 is 5.69 Å². The van der Waals surface area contributed by atoms with Crippen LogP contribution in [0, 0.1) is 17.0 Å². The second-order valence-electron chi connectivity index (χ2n) is 6.85. The number of aromatic nitrogens is 2. The van der Waals surface area contributed by atoms with Crippen molar-refractivity contribution in [3.63, 3.8) is 0 Å². The first kappa shape index (κ1) is 22.4. The highest BCUT2D eigenvalue weighted by Gasteiger charge is 2.23. The molecule has 3 aromatic rings. The van der Waals surface area contributed by atoms with Gasteiger partial charge in [0.1, 0.15) is 5.82 Å². The predicted octanol–water partition coefficient (Wildman–Crippen LogP) is 4.44. The lowest BCUT2D eigenvalue weighted by Crippen LogP contribution is -2.20. The van der Waals surface area contributed by atoms with Crippen LogP contribution >= 0.6 is 15.9 Å². The number of benzene rings is 2. The van der Waals surface area contributed by atoms with E-state index in [1.54, 1.807) is 31.2 Å². The van der Waals surface area contributed by atoms with E-state index in [9.17, 15) is 14.9 Å². The fourth-order valence-corrected chi connectivity index (χ4v) is 3.25. The van der Waals surface area contributed by atoms with Crippen LogP contribution in [0.2, 0.25) is 0 Å². The normalized spacial score (nSPS) is 12.3. The van der Waals surface area contributed by atoms with Crippen LogP contribution in [0.1, 0.15) is 31.7 Å². The maximum atomic E-state index is 12.9. The van der Waals surface area contributed by atoms with Crippen molar-refractivity contribution in [1.29, 1.82) is 0 Å². The molecule has 1 atom stereocenters. The van der Waals surface area contributed by atoms with Gasteiger partial charge in [-0.15, -0.1) is 0 Å². The molecule has 0 radical (unpaired) electrons. The minimum absolute atomic E-state index is 0.0598. The largest absolute Gasteiger partial charge is 0.493 e. The van der Waals surface area contributed by atoms with Gasteiger partial charge < -0.3 is 9.47 Å². The average Bonchev–Trinajstić information content (AvgIpc) is 2.74. The Bertz CT molecular complexity index is 1240. The first-order chi connectivity index (χ1) is 14.7. The number of aryl methyl sites for hydroxylation is 1. The summed E-state index contributed by atoms with van der Waals surface area (Å²) in [5, 5.41) is 16.2. The Morgan fingerprint density at radius 2 is 2.10 bits per heavy atom. The SMILES string of the molecule is CC[C@@H](C)Oc1c(OC)cc(C=Nn2c(C)nc3ccc(Br)cc3c2=O)cc1[N+](=O)[O-]. The highest BCUT2D eigenvalue weighted by Crippen LogP contribution is 2.38.